The molecular formula is C10H16N2O. The number of aliphatic hydroxyl groups is 1. The minimum atomic E-state index is -0.178. The molecule has 1 rings (SSSR count). The molecule has 3 nitrogen and oxygen atoms in total. The Bertz CT molecular complexity index is 250. The zero-order valence-corrected chi connectivity index (χ0v) is 8.12. The predicted octanol–water partition coefficient (Wildman–Crippen LogP) is 0.899. The highest BCUT2D eigenvalue weighted by Gasteiger charge is 2.23. The van der Waals surface area contributed by atoms with Gasteiger partial charge in [0.05, 0.1) is 0 Å². The van der Waals surface area contributed by atoms with Gasteiger partial charge in [-0.05, 0) is 32.0 Å². The molecule has 3 heteroatoms. The molecule has 0 amide bonds. The SMILES string of the molecule is CNC(C)(CCO)c1cccnc1. The van der Waals surface area contributed by atoms with Gasteiger partial charge in [-0.1, -0.05) is 6.07 Å². The van der Waals surface area contributed by atoms with E-state index in [1.54, 1.807) is 6.20 Å². The van der Waals surface area contributed by atoms with Crippen molar-refractivity contribution >= 4 is 0 Å². The predicted molar refractivity (Wildman–Crippen MR) is 52.4 cm³/mol. The molecule has 0 aliphatic rings. The molecule has 0 saturated heterocycles. The van der Waals surface area contributed by atoms with E-state index in [2.05, 4.69) is 17.2 Å². The first-order valence-corrected chi connectivity index (χ1v) is 4.43. The number of aromatic nitrogens is 1. The Morgan fingerprint density at radius 2 is 2.38 bits per heavy atom. The van der Waals surface area contributed by atoms with E-state index in [4.69, 9.17) is 5.11 Å². The highest BCUT2D eigenvalue weighted by molar-refractivity contribution is 5.19. The molecule has 0 aliphatic carbocycles. The fourth-order valence-corrected chi connectivity index (χ4v) is 1.33. The molecule has 0 aliphatic heterocycles. The van der Waals surface area contributed by atoms with Crippen molar-refractivity contribution in [2.45, 2.75) is 18.9 Å². The van der Waals surface area contributed by atoms with Crippen LogP contribution in [0.4, 0.5) is 0 Å². The van der Waals surface area contributed by atoms with E-state index in [9.17, 15) is 0 Å². The average molecular weight is 180 g/mol. The zero-order valence-electron chi connectivity index (χ0n) is 8.12. The molecule has 1 heterocycles. The lowest BCUT2D eigenvalue weighted by molar-refractivity contribution is 0.228. The normalized spacial score (nSPS) is 15.3. The summed E-state index contributed by atoms with van der Waals surface area (Å²) in [6.45, 7) is 2.23. The number of pyridine rings is 1. The van der Waals surface area contributed by atoms with Crippen LogP contribution in [0.2, 0.25) is 0 Å². The number of hydrogen-bond donors (Lipinski definition) is 2. The van der Waals surface area contributed by atoms with Gasteiger partial charge in [0.1, 0.15) is 0 Å². The molecule has 1 atom stereocenters. The van der Waals surface area contributed by atoms with E-state index in [0.29, 0.717) is 6.42 Å². The maximum Gasteiger partial charge on any atom is 0.0451 e. The molecule has 13 heavy (non-hydrogen) atoms. The second-order valence-corrected chi connectivity index (χ2v) is 3.30. The van der Waals surface area contributed by atoms with Gasteiger partial charge in [-0.3, -0.25) is 4.98 Å². The molecular weight excluding hydrogens is 164 g/mol. The van der Waals surface area contributed by atoms with Crippen molar-refractivity contribution in [2.75, 3.05) is 13.7 Å². The first kappa shape index (κ1) is 10.2. The Labute approximate surface area is 78.8 Å². The molecule has 0 radical (unpaired) electrons. The smallest absolute Gasteiger partial charge is 0.0451 e. The lowest BCUT2D eigenvalue weighted by atomic mass is 9.90. The van der Waals surface area contributed by atoms with E-state index in [-0.39, 0.29) is 12.1 Å². The van der Waals surface area contributed by atoms with Gasteiger partial charge in [0.25, 0.3) is 0 Å². The van der Waals surface area contributed by atoms with Crippen LogP contribution in [0.15, 0.2) is 24.5 Å². The molecule has 0 saturated carbocycles. The van der Waals surface area contributed by atoms with Crippen molar-refractivity contribution in [3.63, 3.8) is 0 Å². The van der Waals surface area contributed by atoms with Crippen molar-refractivity contribution < 1.29 is 5.11 Å². The minimum Gasteiger partial charge on any atom is -0.396 e. The number of rotatable bonds is 4. The van der Waals surface area contributed by atoms with Gasteiger partial charge in [-0.25, -0.2) is 0 Å². The van der Waals surface area contributed by atoms with Gasteiger partial charge in [-0.15, -0.1) is 0 Å². The molecule has 72 valence electrons. The molecule has 1 aromatic heterocycles. The minimum absolute atomic E-state index is 0.173. The maximum absolute atomic E-state index is 8.93. The fourth-order valence-electron chi connectivity index (χ4n) is 1.33. The fraction of sp³-hybridized carbons (Fsp3) is 0.500. The average Bonchev–Trinajstić information content (AvgIpc) is 2.19. The summed E-state index contributed by atoms with van der Waals surface area (Å²) >= 11 is 0. The van der Waals surface area contributed by atoms with Gasteiger partial charge >= 0.3 is 0 Å². The highest BCUT2D eigenvalue weighted by Crippen LogP contribution is 2.22. The van der Waals surface area contributed by atoms with Gasteiger partial charge in [0.15, 0.2) is 0 Å². The maximum atomic E-state index is 8.93. The summed E-state index contributed by atoms with van der Waals surface area (Å²) < 4.78 is 0. The third-order valence-corrected chi connectivity index (χ3v) is 2.46. The highest BCUT2D eigenvalue weighted by atomic mass is 16.3. The Morgan fingerprint density at radius 1 is 1.62 bits per heavy atom. The molecule has 0 fully saturated rings. The first-order valence-electron chi connectivity index (χ1n) is 4.43. The van der Waals surface area contributed by atoms with Crippen LogP contribution < -0.4 is 5.32 Å². The second-order valence-electron chi connectivity index (χ2n) is 3.30. The number of aliphatic hydroxyl groups excluding tert-OH is 1. The summed E-state index contributed by atoms with van der Waals surface area (Å²) in [5.74, 6) is 0. The van der Waals surface area contributed by atoms with E-state index in [1.807, 2.05) is 25.4 Å². The van der Waals surface area contributed by atoms with Crippen LogP contribution in [0.5, 0.6) is 0 Å². The van der Waals surface area contributed by atoms with Crippen molar-refractivity contribution in [3.8, 4) is 0 Å². The third-order valence-electron chi connectivity index (χ3n) is 2.46. The van der Waals surface area contributed by atoms with Crippen molar-refractivity contribution in [2.24, 2.45) is 0 Å². The Morgan fingerprint density at radius 3 is 2.85 bits per heavy atom. The Balaban J connectivity index is 2.89. The largest absolute Gasteiger partial charge is 0.396 e. The molecule has 1 aromatic rings. The Hall–Kier alpha value is -0.930. The van der Waals surface area contributed by atoms with E-state index < -0.39 is 0 Å². The van der Waals surface area contributed by atoms with Crippen LogP contribution in [0.3, 0.4) is 0 Å². The standard InChI is InChI=1S/C10H16N2O/c1-10(11-2,5-7-13)9-4-3-6-12-8-9/h3-4,6,8,11,13H,5,7H2,1-2H3. The summed E-state index contributed by atoms with van der Waals surface area (Å²) in [5, 5.41) is 12.1. The summed E-state index contributed by atoms with van der Waals surface area (Å²) in [6.07, 6.45) is 4.26. The molecule has 0 spiro atoms. The topological polar surface area (TPSA) is 45.1 Å². The molecule has 2 N–H and O–H groups in total. The lowest BCUT2D eigenvalue weighted by Gasteiger charge is -2.28. The van der Waals surface area contributed by atoms with Crippen LogP contribution >= 0.6 is 0 Å². The van der Waals surface area contributed by atoms with Crippen molar-refractivity contribution in [3.05, 3.63) is 30.1 Å². The van der Waals surface area contributed by atoms with Gasteiger partial charge in [0, 0.05) is 24.5 Å². The summed E-state index contributed by atoms with van der Waals surface area (Å²) in [6, 6.07) is 3.92. The second kappa shape index (κ2) is 4.35. The van der Waals surface area contributed by atoms with Crippen molar-refractivity contribution in [1.29, 1.82) is 0 Å². The van der Waals surface area contributed by atoms with Crippen LogP contribution in [0.1, 0.15) is 18.9 Å². The van der Waals surface area contributed by atoms with Gasteiger partial charge in [0.2, 0.25) is 0 Å². The zero-order chi connectivity index (χ0) is 9.73. The number of hydrogen-bond acceptors (Lipinski definition) is 3. The molecule has 0 bridgehead atoms. The van der Waals surface area contributed by atoms with Gasteiger partial charge < -0.3 is 10.4 Å². The number of nitrogens with one attached hydrogen (secondary N) is 1. The summed E-state index contributed by atoms with van der Waals surface area (Å²) in [7, 11) is 1.89. The lowest BCUT2D eigenvalue weighted by Crippen LogP contribution is -2.37. The van der Waals surface area contributed by atoms with E-state index >= 15 is 0 Å². The quantitative estimate of drug-likeness (QED) is 0.723. The van der Waals surface area contributed by atoms with Crippen LogP contribution in [-0.2, 0) is 5.54 Å². The molecule has 0 aromatic carbocycles. The van der Waals surface area contributed by atoms with Crippen LogP contribution in [-0.4, -0.2) is 23.7 Å². The third kappa shape index (κ3) is 2.26. The van der Waals surface area contributed by atoms with Crippen LogP contribution in [0.25, 0.3) is 0 Å². The van der Waals surface area contributed by atoms with E-state index in [0.717, 1.165) is 5.56 Å². The van der Waals surface area contributed by atoms with Crippen molar-refractivity contribution in [1.82, 2.24) is 10.3 Å². The van der Waals surface area contributed by atoms with E-state index in [1.165, 1.54) is 0 Å². The number of nitrogens with zero attached hydrogens (tertiary/aromatic N) is 1. The first-order chi connectivity index (χ1) is 6.23. The Kier molecular flexibility index (Phi) is 3.39. The van der Waals surface area contributed by atoms with Crippen LogP contribution in [0, 0.1) is 0 Å². The monoisotopic (exact) mass is 180 g/mol. The van der Waals surface area contributed by atoms with Gasteiger partial charge in [-0.2, -0.15) is 0 Å². The summed E-state index contributed by atoms with van der Waals surface area (Å²) in [5.41, 5.74) is 0.926. The summed E-state index contributed by atoms with van der Waals surface area (Å²) in [4.78, 5) is 4.06. The molecule has 1 unspecified atom stereocenters.